The minimum Gasteiger partial charge on any atom is -0.469 e. The highest BCUT2D eigenvalue weighted by atomic mass is 35.5. The van der Waals surface area contributed by atoms with Crippen LogP contribution in [0.2, 0.25) is 5.02 Å². The molecule has 0 spiro atoms. The van der Waals surface area contributed by atoms with Gasteiger partial charge in [0.25, 0.3) is 0 Å². The molecule has 5 nitrogen and oxygen atoms in total. The first-order valence-corrected chi connectivity index (χ1v) is 6.16. The van der Waals surface area contributed by atoms with Crippen LogP contribution in [0, 0.1) is 11.3 Å². The summed E-state index contributed by atoms with van der Waals surface area (Å²) in [6.07, 6.45) is -0.479. The fraction of sp³-hybridized carbons (Fsp3) is 0.357. The van der Waals surface area contributed by atoms with E-state index in [1.807, 2.05) is 6.07 Å². The molecule has 0 saturated carbocycles. The topological polar surface area (TPSA) is 76.4 Å². The van der Waals surface area contributed by atoms with Crippen molar-refractivity contribution >= 4 is 23.5 Å². The first-order valence-electron chi connectivity index (χ1n) is 5.78. The minimum absolute atomic E-state index is 0.239. The van der Waals surface area contributed by atoms with Gasteiger partial charge in [-0.05, 0) is 17.7 Å². The summed E-state index contributed by atoms with van der Waals surface area (Å²) in [5, 5.41) is 9.99. The molecule has 0 bridgehead atoms. The molecule has 0 fully saturated rings. The van der Waals surface area contributed by atoms with Crippen molar-refractivity contribution in [2.24, 2.45) is 0 Å². The third kappa shape index (κ3) is 3.72. The van der Waals surface area contributed by atoms with Crippen molar-refractivity contribution in [2.45, 2.75) is 18.3 Å². The highest BCUT2D eigenvalue weighted by Crippen LogP contribution is 2.33. The molecule has 1 rings (SSSR count). The first kappa shape index (κ1) is 16.0. The van der Waals surface area contributed by atoms with Crippen molar-refractivity contribution < 1.29 is 19.1 Å². The molecule has 1 aromatic rings. The molecule has 0 aliphatic rings. The van der Waals surface area contributed by atoms with Gasteiger partial charge in [-0.2, -0.15) is 5.26 Å². The molecule has 1 aromatic carbocycles. The molecule has 0 aliphatic carbocycles. The van der Waals surface area contributed by atoms with Crippen LogP contribution in [0.3, 0.4) is 0 Å². The molecule has 106 valence electrons. The average Bonchev–Trinajstić information content (AvgIpc) is 2.46. The number of esters is 2. The fourth-order valence-corrected chi connectivity index (χ4v) is 1.94. The molecule has 0 aliphatic heterocycles. The SMILES string of the molecule is COC(=O)CC(C#N)(CC(=O)OC)c1ccc(Cl)cc1. The van der Waals surface area contributed by atoms with E-state index >= 15 is 0 Å². The van der Waals surface area contributed by atoms with E-state index in [1.165, 1.54) is 14.2 Å². The first-order chi connectivity index (χ1) is 9.47. The summed E-state index contributed by atoms with van der Waals surface area (Å²) < 4.78 is 9.20. The molecule has 0 radical (unpaired) electrons. The van der Waals surface area contributed by atoms with Crippen LogP contribution in [-0.2, 0) is 24.5 Å². The highest BCUT2D eigenvalue weighted by Gasteiger charge is 2.38. The molecule has 0 atom stereocenters. The second-order valence-electron chi connectivity index (χ2n) is 4.21. The van der Waals surface area contributed by atoms with Crippen molar-refractivity contribution in [2.75, 3.05) is 14.2 Å². The summed E-state index contributed by atoms with van der Waals surface area (Å²) in [7, 11) is 2.45. The summed E-state index contributed by atoms with van der Waals surface area (Å²) in [4.78, 5) is 23.1. The van der Waals surface area contributed by atoms with Crippen molar-refractivity contribution in [3.63, 3.8) is 0 Å². The number of nitriles is 1. The molecular formula is C14H14ClNO4. The zero-order valence-corrected chi connectivity index (χ0v) is 11.9. The summed E-state index contributed by atoms with van der Waals surface area (Å²) >= 11 is 5.80. The van der Waals surface area contributed by atoms with Crippen molar-refractivity contribution in [3.8, 4) is 6.07 Å². The van der Waals surface area contributed by atoms with E-state index in [0.717, 1.165) is 0 Å². The molecule has 6 heteroatoms. The normalized spacial score (nSPS) is 10.5. The van der Waals surface area contributed by atoms with Gasteiger partial charge in [-0.15, -0.1) is 0 Å². The Balaban J connectivity index is 3.23. The fourth-order valence-electron chi connectivity index (χ4n) is 1.82. The van der Waals surface area contributed by atoms with E-state index < -0.39 is 17.4 Å². The number of halogens is 1. The molecule has 0 unspecified atom stereocenters. The third-order valence-corrected chi connectivity index (χ3v) is 3.21. The Kier molecular flexibility index (Phi) is 5.53. The van der Waals surface area contributed by atoms with Gasteiger partial charge in [0.2, 0.25) is 0 Å². The Morgan fingerprint density at radius 3 is 1.95 bits per heavy atom. The monoisotopic (exact) mass is 295 g/mol. The van der Waals surface area contributed by atoms with Gasteiger partial charge in [0, 0.05) is 5.02 Å². The van der Waals surface area contributed by atoms with Crippen LogP contribution in [0.15, 0.2) is 24.3 Å². The van der Waals surface area contributed by atoms with Gasteiger partial charge in [0.1, 0.15) is 5.41 Å². The average molecular weight is 296 g/mol. The van der Waals surface area contributed by atoms with Crippen LogP contribution in [0.4, 0.5) is 0 Å². The zero-order valence-electron chi connectivity index (χ0n) is 11.2. The second-order valence-corrected chi connectivity index (χ2v) is 4.64. The predicted octanol–water partition coefficient (Wildman–Crippen LogP) is 2.23. The number of hydrogen-bond donors (Lipinski definition) is 0. The number of ether oxygens (including phenoxy) is 2. The van der Waals surface area contributed by atoms with E-state index in [-0.39, 0.29) is 12.8 Å². The van der Waals surface area contributed by atoms with E-state index in [0.29, 0.717) is 10.6 Å². The van der Waals surface area contributed by atoms with Crippen LogP contribution in [0.5, 0.6) is 0 Å². The van der Waals surface area contributed by atoms with Gasteiger partial charge in [-0.25, -0.2) is 0 Å². The van der Waals surface area contributed by atoms with Crippen molar-refractivity contribution in [1.29, 1.82) is 5.26 Å². The lowest BCUT2D eigenvalue weighted by atomic mass is 9.76. The maximum absolute atomic E-state index is 11.5. The van der Waals surface area contributed by atoms with Crippen molar-refractivity contribution in [1.82, 2.24) is 0 Å². The number of methoxy groups -OCH3 is 2. The Morgan fingerprint density at radius 2 is 1.60 bits per heavy atom. The number of nitrogens with zero attached hydrogens (tertiary/aromatic N) is 1. The molecule has 0 aromatic heterocycles. The molecule has 20 heavy (non-hydrogen) atoms. The maximum atomic E-state index is 11.5. The van der Waals surface area contributed by atoms with E-state index in [4.69, 9.17) is 11.6 Å². The smallest absolute Gasteiger partial charge is 0.307 e. The van der Waals surface area contributed by atoms with Crippen LogP contribution in [0.1, 0.15) is 18.4 Å². The van der Waals surface area contributed by atoms with Gasteiger partial charge < -0.3 is 9.47 Å². The Hall–Kier alpha value is -2.06. The molecule has 0 heterocycles. The third-order valence-electron chi connectivity index (χ3n) is 2.96. The number of rotatable bonds is 5. The van der Waals surface area contributed by atoms with Gasteiger partial charge in [-0.3, -0.25) is 9.59 Å². The minimum atomic E-state index is -1.33. The van der Waals surface area contributed by atoms with Crippen LogP contribution < -0.4 is 0 Å². The lowest BCUT2D eigenvalue weighted by Crippen LogP contribution is -2.31. The zero-order chi connectivity index (χ0) is 15.2. The van der Waals surface area contributed by atoms with Gasteiger partial charge in [0.05, 0.1) is 33.1 Å². The summed E-state index contributed by atoms with van der Waals surface area (Å²) in [5.74, 6) is -1.16. The van der Waals surface area contributed by atoms with E-state index in [2.05, 4.69) is 9.47 Å². The molecule has 0 N–H and O–H groups in total. The summed E-state index contributed by atoms with van der Waals surface area (Å²) in [6, 6.07) is 8.44. The standard InChI is InChI=1S/C14H14ClNO4/c1-19-12(17)7-14(9-16,8-13(18)20-2)10-3-5-11(15)6-4-10/h3-6H,7-8H2,1-2H3. The van der Waals surface area contributed by atoms with Crippen LogP contribution in [-0.4, -0.2) is 26.2 Å². The molecular weight excluding hydrogens is 282 g/mol. The predicted molar refractivity (Wildman–Crippen MR) is 72.0 cm³/mol. The summed E-state index contributed by atoms with van der Waals surface area (Å²) in [6.45, 7) is 0. The lowest BCUT2D eigenvalue weighted by Gasteiger charge is -2.24. The number of benzene rings is 1. The molecule has 0 saturated heterocycles. The largest absolute Gasteiger partial charge is 0.469 e. The van der Waals surface area contributed by atoms with Gasteiger partial charge in [-0.1, -0.05) is 23.7 Å². The quantitative estimate of drug-likeness (QED) is 0.779. The van der Waals surface area contributed by atoms with E-state index in [9.17, 15) is 14.9 Å². The highest BCUT2D eigenvalue weighted by molar-refractivity contribution is 6.30. The van der Waals surface area contributed by atoms with Gasteiger partial charge in [0.15, 0.2) is 0 Å². The second kappa shape index (κ2) is 6.92. The molecule has 0 amide bonds. The van der Waals surface area contributed by atoms with E-state index in [1.54, 1.807) is 24.3 Å². The number of carbonyl (C=O) groups is 2. The van der Waals surface area contributed by atoms with Crippen LogP contribution >= 0.6 is 11.6 Å². The lowest BCUT2D eigenvalue weighted by molar-refractivity contribution is -0.144. The Labute approximate surface area is 122 Å². The Bertz CT molecular complexity index is 515. The number of carbonyl (C=O) groups excluding carboxylic acids is 2. The van der Waals surface area contributed by atoms with Gasteiger partial charge >= 0.3 is 11.9 Å². The van der Waals surface area contributed by atoms with Crippen LogP contribution in [0.25, 0.3) is 0 Å². The Morgan fingerprint density at radius 1 is 1.15 bits per heavy atom. The van der Waals surface area contributed by atoms with Crippen molar-refractivity contribution in [3.05, 3.63) is 34.9 Å². The maximum Gasteiger partial charge on any atom is 0.307 e. The summed E-state index contributed by atoms with van der Waals surface area (Å²) in [5.41, 5.74) is -0.815. The number of hydrogen-bond acceptors (Lipinski definition) is 5.